The number of aromatic amines is 2. The van der Waals surface area contributed by atoms with Gasteiger partial charge in [0.25, 0.3) is 0 Å². The van der Waals surface area contributed by atoms with E-state index >= 15 is 0 Å². The van der Waals surface area contributed by atoms with Gasteiger partial charge in [-0.1, -0.05) is 0 Å². The molecule has 2 N–H and O–H groups in total. The Labute approximate surface area is 73.7 Å². The van der Waals surface area contributed by atoms with Crippen LogP contribution in [0.4, 0.5) is 0 Å². The summed E-state index contributed by atoms with van der Waals surface area (Å²) in [5, 5.41) is 7.23. The van der Waals surface area contributed by atoms with Crippen molar-refractivity contribution in [2.75, 3.05) is 7.11 Å². The molecule has 0 fully saturated rings. The number of nitrogens with one attached hydrogen (secondary N) is 2. The summed E-state index contributed by atoms with van der Waals surface area (Å²) in [5.74, 6) is 0. The van der Waals surface area contributed by atoms with Gasteiger partial charge in [0.2, 0.25) is 5.43 Å². The van der Waals surface area contributed by atoms with Gasteiger partial charge in [-0.25, -0.2) is 0 Å². The molecule has 0 amide bonds. The van der Waals surface area contributed by atoms with E-state index in [4.69, 9.17) is 4.74 Å². The van der Waals surface area contributed by atoms with E-state index in [1.165, 1.54) is 7.11 Å². The van der Waals surface area contributed by atoms with Crippen LogP contribution in [0.15, 0.2) is 17.1 Å². The van der Waals surface area contributed by atoms with Crippen molar-refractivity contribution < 1.29 is 4.74 Å². The maximum Gasteiger partial charge on any atom is 0.215 e. The first-order chi connectivity index (χ1) is 6.33. The van der Waals surface area contributed by atoms with Crippen LogP contribution in [0.25, 0.3) is 11.0 Å². The third-order valence-electron chi connectivity index (χ3n) is 1.84. The van der Waals surface area contributed by atoms with Gasteiger partial charge in [0.05, 0.1) is 12.0 Å². The van der Waals surface area contributed by atoms with Crippen molar-refractivity contribution in [1.82, 2.24) is 15.2 Å². The Morgan fingerprint density at radius 2 is 2.46 bits per heavy atom. The highest BCUT2D eigenvalue weighted by Gasteiger charge is 2.05. The van der Waals surface area contributed by atoms with Crippen LogP contribution in [0.5, 0.6) is 0 Å². The van der Waals surface area contributed by atoms with Crippen molar-refractivity contribution in [2.45, 2.75) is 6.61 Å². The van der Waals surface area contributed by atoms with E-state index in [2.05, 4.69) is 15.2 Å². The van der Waals surface area contributed by atoms with Crippen LogP contribution in [0, 0.1) is 0 Å². The molecule has 13 heavy (non-hydrogen) atoms. The molecule has 0 aliphatic heterocycles. The second-order valence-corrected chi connectivity index (χ2v) is 2.70. The normalized spacial score (nSPS) is 10.8. The van der Waals surface area contributed by atoms with Crippen LogP contribution in [-0.4, -0.2) is 22.3 Å². The highest BCUT2D eigenvalue weighted by Crippen LogP contribution is 2.02. The molecule has 2 rings (SSSR count). The smallest absolute Gasteiger partial charge is 0.215 e. The number of nitrogens with zero attached hydrogens (tertiary/aromatic N) is 1. The molecule has 5 nitrogen and oxygen atoms in total. The maximum absolute atomic E-state index is 11.6. The molecule has 0 spiro atoms. The molecule has 5 heteroatoms. The summed E-state index contributed by atoms with van der Waals surface area (Å²) < 4.78 is 4.84. The minimum absolute atomic E-state index is 0.0862. The molecule has 0 aliphatic carbocycles. The van der Waals surface area contributed by atoms with E-state index in [0.717, 1.165) is 0 Å². The van der Waals surface area contributed by atoms with E-state index in [-0.39, 0.29) is 12.0 Å². The van der Waals surface area contributed by atoms with E-state index in [1.807, 2.05) is 0 Å². The van der Waals surface area contributed by atoms with Crippen molar-refractivity contribution >= 4 is 11.0 Å². The van der Waals surface area contributed by atoms with Gasteiger partial charge in [-0.15, -0.1) is 0 Å². The third-order valence-corrected chi connectivity index (χ3v) is 1.84. The lowest BCUT2D eigenvalue weighted by Gasteiger charge is -1.96. The Morgan fingerprint density at radius 1 is 1.62 bits per heavy atom. The van der Waals surface area contributed by atoms with Crippen molar-refractivity contribution in [3.05, 3.63) is 28.2 Å². The van der Waals surface area contributed by atoms with Crippen LogP contribution in [0.1, 0.15) is 5.69 Å². The molecule has 0 saturated carbocycles. The fraction of sp³-hybridized carbons (Fsp3) is 0.250. The molecule has 2 aromatic rings. The number of H-pyrrole nitrogens is 2. The lowest BCUT2D eigenvalue weighted by Crippen LogP contribution is -2.13. The minimum Gasteiger partial charge on any atom is -0.378 e. The average molecular weight is 179 g/mol. The number of methoxy groups -OCH3 is 1. The highest BCUT2D eigenvalue weighted by atomic mass is 16.5. The summed E-state index contributed by atoms with van der Waals surface area (Å²) in [6.07, 6.45) is 1.70. The van der Waals surface area contributed by atoms with Crippen LogP contribution >= 0.6 is 0 Å². The van der Waals surface area contributed by atoms with Gasteiger partial charge in [-0.3, -0.25) is 9.89 Å². The zero-order valence-corrected chi connectivity index (χ0v) is 7.13. The summed E-state index contributed by atoms with van der Waals surface area (Å²) in [5.41, 5.74) is 0.955. The molecule has 0 aromatic carbocycles. The Kier molecular flexibility index (Phi) is 1.86. The third kappa shape index (κ3) is 1.23. The first kappa shape index (κ1) is 8.00. The summed E-state index contributed by atoms with van der Waals surface area (Å²) >= 11 is 0. The standard InChI is InChI=1S/C8H9N3O2/c1-13-4-6-7(12)5-2-3-9-8(5)11-10-6/h2-3H,4H2,1H3,(H2,9,11,12). The molecular weight excluding hydrogens is 170 g/mol. The Bertz CT molecular complexity index is 471. The second kappa shape index (κ2) is 3.02. The quantitative estimate of drug-likeness (QED) is 0.700. The van der Waals surface area contributed by atoms with E-state index < -0.39 is 0 Å². The highest BCUT2D eigenvalue weighted by molar-refractivity contribution is 5.74. The molecule has 2 aromatic heterocycles. The summed E-state index contributed by atoms with van der Waals surface area (Å²) in [6.45, 7) is 0.233. The van der Waals surface area contributed by atoms with Crippen LogP contribution in [0.2, 0.25) is 0 Å². The molecular formula is C8H9N3O2. The Hall–Kier alpha value is -1.62. The Balaban J connectivity index is 2.67. The molecule has 0 radical (unpaired) electrons. The van der Waals surface area contributed by atoms with Gasteiger partial charge in [0.15, 0.2) is 0 Å². The number of hydrogen-bond acceptors (Lipinski definition) is 3. The number of fused-ring (bicyclic) bond motifs is 1. The van der Waals surface area contributed by atoms with Gasteiger partial charge < -0.3 is 9.72 Å². The van der Waals surface area contributed by atoms with Crippen LogP contribution in [-0.2, 0) is 11.3 Å². The first-order valence-corrected chi connectivity index (χ1v) is 3.86. The monoisotopic (exact) mass is 179 g/mol. The summed E-state index contributed by atoms with van der Waals surface area (Å²) in [6, 6.07) is 1.72. The summed E-state index contributed by atoms with van der Waals surface area (Å²) in [4.78, 5) is 14.5. The van der Waals surface area contributed by atoms with Gasteiger partial charge in [-0.05, 0) is 6.07 Å². The molecule has 0 aliphatic rings. The SMILES string of the molecule is COCc1n[nH]c2[nH]ccc2c1=O. The Morgan fingerprint density at radius 3 is 3.23 bits per heavy atom. The predicted octanol–water partition coefficient (Wildman–Crippen LogP) is 0.398. The van der Waals surface area contributed by atoms with E-state index in [9.17, 15) is 4.79 Å². The van der Waals surface area contributed by atoms with E-state index in [1.54, 1.807) is 12.3 Å². The van der Waals surface area contributed by atoms with Gasteiger partial charge in [0.1, 0.15) is 11.3 Å². The van der Waals surface area contributed by atoms with Crippen LogP contribution < -0.4 is 5.43 Å². The lowest BCUT2D eigenvalue weighted by atomic mass is 10.3. The van der Waals surface area contributed by atoms with Crippen molar-refractivity contribution in [1.29, 1.82) is 0 Å². The van der Waals surface area contributed by atoms with Crippen molar-refractivity contribution in [2.24, 2.45) is 0 Å². The predicted molar refractivity (Wildman–Crippen MR) is 47.4 cm³/mol. The summed E-state index contributed by atoms with van der Waals surface area (Å²) in [7, 11) is 1.53. The lowest BCUT2D eigenvalue weighted by molar-refractivity contribution is 0.180. The number of ether oxygens (including phenoxy) is 1. The van der Waals surface area contributed by atoms with Crippen molar-refractivity contribution in [3.8, 4) is 0 Å². The van der Waals surface area contributed by atoms with Gasteiger partial charge in [-0.2, -0.15) is 5.10 Å². The molecule has 2 heterocycles. The molecule has 0 saturated heterocycles. The average Bonchev–Trinajstić information content (AvgIpc) is 2.58. The fourth-order valence-electron chi connectivity index (χ4n) is 1.22. The second-order valence-electron chi connectivity index (χ2n) is 2.70. The number of aromatic nitrogens is 3. The number of rotatable bonds is 2. The van der Waals surface area contributed by atoms with Crippen LogP contribution in [0.3, 0.4) is 0 Å². The van der Waals surface area contributed by atoms with Crippen molar-refractivity contribution in [3.63, 3.8) is 0 Å². The fourth-order valence-corrected chi connectivity index (χ4v) is 1.22. The number of hydrogen-bond donors (Lipinski definition) is 2. The topological polar surface area (TPSA) is 70.8 Å². The van der Waals surface area contributed by atoms with Gasteiger partial charge in [0, 0.05) is 13.3 Å². The molecule has 0 atom stereocenters. The zero-order chi connectivity index (χ0) is 9.26. The first-order valence-electron chi connectivity index (χ1n) is 3.86. The maximum atomic E-state index is 11.6. The zero-order valence-electron chi connectivity index (χ0n) is 7.13. The largest absolute Gasteiger partial charge is 0.378 e. The van der Waals surface area contributed by atoms with E-state index in [0.29, 0.717) is 16.7 Å². The molecule has 68 valence electrons. The molecule has 0 unspecified atom stereocenters. The van der Waals surface area contributed by atoms with Gasteiger partial charge >= 0.3 is 0 Å². The minimum atomic E-state index is -0.0862. The molecule has 0 bridgehead atoms.